The van der Waals surface area contributed by atoms with Crippen molar-refractivity contribution in [3.8, 4) is 114 Å². The van der Waals surface area contributed by atoms with Crippen molar-refractivity contribution in [2.75, 3.05) is 0 Å². The molecule has 0 saturated carbocycles. The van der Waals surface area contributed by atoms with Crippen molar-refractivity contribution >= 4 is 55.0 Å². The van der Waals surface area contributed by atoms with Gasteiger partial charge in [-0.2, -0.15) is 21.0 Å². The largest absolute Gasteiger partial charge is 0.309 e. The molecule has 11 aromatic carbocycles. The van der Waals surface area contributed by atoms with Crippen LogP contribution < -0.4 is 0 Å². The summed E-state index contributed by atoms with van der Waals surface area (Å²) < 4.78 is 4.28. The zero-order valence-corrected chi connectivity index (χ0v) is 45.4. The van der Waals surface area contributed by atoms with Crippen LogP contribution in [0.5, 0.6) is 0 Å². The molecule has 0 radical (unpaired) electrons. The summed E-state index contributed by atoms with van der Waals surface area (Å²) in [4.78, 5) is 23.9. The van der Waals surface area contributed by atoms with Crippen LogP contribution in [0.4, 0.5) is 11.4 Å². The van der Waals surface area contributed by atoms with Gasteiger partial charge in [0.15, 0.2) is 28.8 Å². The Morgan fingerprint density at radius 2 is 0.709 bits per heavy atom. The van der Waals surface area contributed by atoms with E-state index >= 15 is 0 Å². The van der Waals surface area contributed by atoms with Crippen molar-refractivity contribution < 1.29 is 0 Å². The van der Waals surface area contributed by atoms with E-state index in [1.165, 1.54) is 0 Å². The van der Waals surface area contributed by atoms with Crippen LogP contribution in [0.1, 0.15) is 22.3 Å². The lowest BCUT2D eigenvalue weighted by molar-refractivity contribution is 1.06. The van der Waals surface area contributed by atoms with Gasteiger partial charge in [0.05, 0.1) is 93.1 Å². The number of benzene rings is 11. The van der Waals surface area contributed by atoms with Gasteiger partial charge in [0, 0.05) is 38.2 Å². The fraction of sp³-hybridized carbons (Fsp3) is 0. The van der Waals surface area contributed by atoms with Gasteiger partial charge in [0.1, 0.15) is 0 Å². The molecule has 0 saturated heterocycles. The van der Waals surface area contributed by atoms with E-state index < -0.39 is 0 Å². The number of para-hydroxylation sites is 1. The third kappa shape index (κ3) is 8.60. The predicted octanol–water partition coefficient (Wildman–Crippen LogP) is 18.3. The number of fused-ring (bicyclic) bond motifs is 6. The maximum atomic E-state index is 10.8. The van der Waals surface area contributed by atoms with Crippen LogP contribution >= 0.6 is 0 Å². The summed E-state index contributed by atoms with van der Waals surface area (Å²) in [5, 5.41) is 45.4. The molecule has 14 aromatic rings. The first kappa shape index (κ1) is 51.1. The molecule has 11 nitrogen and oxygen atoms in total. The third-order valence-electron chi connectivity index (χ3n) is 15.8. The second-order valence-electron chi connectivity index (χ2n) is 20.5. The highest BCUT2D eigenvalue weighted by molar-refractivity contribution is 6.13. The Morgan fingerprint density at radius 1 is 0.314 bits per heavy atom. The monoisotopic (exact) mass is 1090 g/mol. The predicted molar refractivity (Wildman–Crippen MR) is 338 cm³/mol. The average molecular weight is 1090 g/mol. The van der Waals surface area contributed by atoms with Gasteiger partial charge in [-0.15, -0.1) is 0 Å². The summed E-state index contributed by atoms with van der Waals surface area (Å²) in [5.74, 6) is 0.815. The Balaban J connectivity index is 1.07. The molecule has 3 heterocycles. The molecule has 0 aliphatic rings. The highest BCUT2D eigenvalue weighted by Crippen LogP contribution is 2.44. The van der Waals surface area contributed by atoms with Crippen molar-refractivity contribution in [2.24, 2.45) is 0 Å². The SMILES string of the molecule is [C-]#[N+]c1ccc(-n2c3cc(-c4ccccc4C#N)ccc3c3ccc(-c4ccccc4[N+]#[C-])cc32)c(-c2nc(-c3ccccc3)nc(-c3cc(C#N)ccc3-n3c4cc(-c5ccccc5C#N)ccc4c4ccc(-c5ccccc5C#N)cc43)n2)c1. The van der Waals surface area contributed by atoms with Gasteiger partial charge in [0.2, 0.25) is 0 Å². The highest BCUT2D eigenvalue weighted by atomic mass is 15.1. The number of hydrogen-bond donors (Lipinski definition) is 0. The van der Waals surface area contributed by atoms with Gasteiger partial charge >= 0.3 is 0 Å². The standard InChI is InChI=1S/C75H39N11/c1-80-55-29-35-68(86-71-39-50(58-21-11-8-18-54(58)45-79)27-32-62(71)63-33-28-51(40-72(63)86)59-22-12-13-23-66(59)81-2)65(41-55)75-83-73(47-14-4-3-5-15-47)82-74(84-75)64-36-46(42-76)24-34-67(64)85-69-37-48(56-19-9-6-16-52(56)43-77)25-30-60(69)61-31-26-49(38-70(61)85)57-20-10-7-17-53(57)44-78/h3-41H. The molecule has 0 amide bonds. The van der Waals surface area contributed by atoms with Gasteiger partial charge in [-0.1, -0.05) is 164 Å². The van der Waals surface area contributed by atoms with Crippen LogP contribution in [0.3, 0.4) is 0 Å². The molecular weight excluding hydrogens is 1050 g/mol. The van der Waals surface area contributed by atoms with Crippen molar-refractivity contribution in [1.82, 2.24) is 24.1 Å². The number of hydrogen-bond acceptors (Lipinski definition) is 7. The molecule has 3 aromatic heterocycles. The summed E-state index contributed by atoms with van der Waals surface area (Å²) in [6.45, 7) is 16.5. The summed E-state index contributed by atoms with van der Waals surface area (Å²) in [6.07, 6.45) is 0. The van der Waals surface area contributed by atoms with Gasteiger partial charge in [0.25, 0.3) is 0 Å². The Bertz CT molecular complexity index is 4910. The lowest BCUT2D eigenvalue weighted by Gasteiger charge is -2.18. The fourth-order valence-electron chi connectivity index (χ4n) is 11.8. The number of nitriles is 4. The molecular formula is C75H39N11. The Labute approximate surface area is 493 Å². The van der Waals surface area contributed by atoms with E-state index in [-0.39, 0.29) is 11.6 Å². The van der Waals surface area contributed by atoms with Crippen LogP contribution in [-0.4, -0.2) is 24.1 Å². The third-order valence-corrected chi connectivity index (χ3v) is 15.8. The number of rotatable bonds is 9. The van der Waals surface area contributed by atoms with Gasteiger partial charge in [-0.25, -0.2) is 24.6 Å². The molecule has 0 bridgehead atoms. The molecule has 14 rings (SSSR count). The molecule has 0 N–H and O–H groups in total. The van der Waals surface area contributed by atoms with Crippen molar-refractivity contribution in [3.63, 3.8) is 0 Å². The van der Waals surface area contributed by atoms with E-state index in [4.69, 9.17) is 28.1 Å². The van der Waals surface area contributed by atoms with Crippen LogP contribution in [-0.2, 0) is 0 Å². The Morgan fingerprint density at radius 3 is 1.15 bits per heavy atom. The normalized spacial score (nSPS) is 11.0. The molecule has 0 spiro atoms. The number of nitrogens with zero attached hydrogens (tertiary/aromatic N) is 11. The molecule has 0 fully saturated rings. The number of aromatic nitrogens is 5. The van der Waals surface area contributed by atoms with Crippen molar-refractivity contribution in [1.29, 1.82) is 21.0 Å². The highest BCUT2D eigenvalue weighted by Gasteiger charge is 2.25. The smallest absolute Gasteiger partial charge is 0.194 e. The first-order valence-electron chi connectivity index (χ1n) is 27.4. The minimum Gasteiger partial charge on any atom is -0.309 e. The van der Waals surface area contributed by atoms with Crippen LogP contribution in [0.25, 0.3) is 143 Å². The zero-order valence-electron chi connectivity index (χ0n) is 45.4. The summed E-state index contributed by atoms with van der Waals surface area (Å²) in [5.41, 5.74) is 15.3. The van der Waals surface area contributed by atoms with E-state index in [1.54, 1.807) is 42.5 Å². The van der Waals surface area contributed by atoms with Crippen LogP contribution in [0, 0.1) is 58.5 Å². The summed E-state index contributed by atoms with van der Waals surface area (Å²) >= 11 is 0. The second-order valence-corrected chi connectivity index (χ2v) is 20.5. The van der Waals surface area contributed by atoms with Gasteiger partial charge in [-0.05, 0) is 117 Å². The molecule has 11 heteroatoms. The van der Waals surface area contributed by atoms with Gasteiger partial charge < -0.3 is 9.13 Å². The van der Waals surface area contributed by atoms with Crippen LogP contribution in [0.2, 0.25) is 0 Å². The Kier molecular flexibility index (Phi) is 12.6. The first-order chi connectivity index (χ1) is 42.4. The quantitative estimate of drug-likeness (QED) is 0.130. The average Bonchev–Trinajstić information content (AvgIpc) is 1.85. The van der Waals surface area contributed by atoms with Crippen molar-refractivity contribution in [3.05, 3.63) is 282 Å². The topological polar surface area (TPSA) is 152 Å². The lowest BCUT2D eigenvalue weighted by atomic mass is 9.98. The molecule has 0 aliphatic heterocycles. The molecule has 86 heavy (non-hydrogen) atoms. The summed E-state index contributed by atoms with van der Waals surface area (Å²) in [6, 6.07) is 84.8. The van der Waals surface area contributed by atoms with E-state index in [0.29, 0.717) is 67.5 Å². The van der Waals surface area contributed by atoms with E-state index in [1.807, 2.05) is 146 Å². The molecule has 0 unspecified atom stereocenters. The maximum absolute atomic E-state index is 10.8. The molecule has 0 atom stereocenters. The van der Waals surface area contributed by atoms with E-state index in [9.17, 15) is 21.0 Å². The zero-order chi connectivity index (χ0) is 58.4. The van der Waals surface area contributed by atoms with E-state index in [2.05, 4.69) is 91.6 Å². The second kappa shape index (κ2) is 21.1. The minimum absolute atomic E-state index is 0.239. The van der Waals surface area contributed by atoms with Crippen molar-refractivity contribution in [2.45, 2.75) is 0 Å². The minimum atomic E-state index is 0.239. The lowest BCUT2D eigenvalue weighted by Crippen LogP contribution is -2.06. The van der Waals surface area contributed by atoms with E-state index in [0.717, 1.165) is 88.1 Å². The first-order valence-corrected chi connectivity index (χ1v) is 27.4. The van der Waals surface area contributed by atoms with Gasteiger partial charge in [-0.3, -0.25) is 0 Å². The summed E-state index contributed by atoms with van der Waals surface area (Å²) in [7, 11) is 0. The molecule has 0 aliphatic carbocycles. The van der Waals surface area contributed by atoms with Crippen LogP contribution in [0.15, 0.2) is 237 Å². The maximum Gasteiger partial charge on any atom is 0.194 e. The Hall–Kier alpha value is -13.0. The fourth-order valence-corrected chi connectivity index (χ4v) is 11.8. The molecule has 394 valence electrons.